The van der Waals surface area contributed by atoms with Crippen molar-refractivity contribution in [3.05, 3.63) is 42.2 Å². The molecule has 4 rings (SSSR count). The first-order valence-corrected chi connectivity index (χ1v) is 10.5. The molecule has 3 aromatic rings. The SMILES string of the molecule is CC(C)(C)OC(=O)N1CCN(CCn2c3cnccc3c3ccc(CO)cc32)CC1. The van der Waals surface area contributed by atoms with Gasteiger partial charge in [-0.15, -0.1) is 0 Å². The highest BCUT2D eigenvalue weighted by molar-refractivity contribution is 6.07. The van der Waals surface area contributed by atoms with Gasteiger partial charge in [-0.2, -0.15) is 0 Å². The lowest BCUT2D eigenvalue weighted by Gasteiger charge is -2.35. The molecule has 0 spiro atoms. The zero-order valence-electron chi connectivity index (χ0n) is 18.0. The number of fused-ring (bicyclic) bond motifs is 3. The van der Waals surface area contributed by atoms with Crippen molar-refractivity contribution in [3.63, 3.8) is 0 Å². The van der Waals surface area contributed by atoms with Crippen LogP contribution in [0.15, 0.2) is 36.7 Å². The number of benzene rings is 1. The molecule has 1 aliphatic rings. The summed E-state index contributed by atoms with van der Waals surface area (Å²) in [5.41, 5.74) is 2.67. The van der Waals surface area contributed by atoms with E-state index in [2.05, 4.69) is 26.6 Å². The van der Waals surface area contributed by atoms with Crippen molar-refractivity contribution in [2.24, 2.45) is 0 Å². The highest BCUT2D eigenvalue weighted by Gasteiger charge is 2.25. The van der Waals surface area contributed by atoms with Crippen LogP contribution in [-0.4, -0.2) is 68.9 Å². The lowest BCUT2D eigenvalue weighted by molar-refractivity contribution is 0.0143. The Bertz CT molecular complexity index is 1050. The number of pyridine rings is 1. The van der Waals surface area contributed by atoms with Gasteiger partial charge in [-0.25, -0.2) is 4.79 Å². The van der Waals surface area contributed by atoms with Gasteiger partial charge in [0.25, 0.3) is 0 Å². The zero-order chi connectivity index (χ0) is 21.3. The minimum absolute atomic E-state index is 0.0301. The average Bonchev–Trinajstić information content (AvgIpc) is 3.04. The Morgan fingerprint density at radius 3 is 2.50 bits per heavy atom. The molecule has 0 unspecified atom stereocenters. The molecular formula is C23H30N4O3. The first kappa shape index (κ1) is 20.6. The van der Waals surface area contributed by atoms with Crippen LogP contribution < -0.4 is 0 Å². The van der Waals surface area contributed by atoms with E-state index in [-0.39, 0.29) is 12.7 Å². The summed E-state index contributed by atoms with van der Waals surface area (Å²) < 4.78 is 7.78. The van der Waals surface area contributed by atoms with Crippen molar-refractivity contribution in [2.45, 2.75) is 39.5 Å². The van der Waals surface area contributed by atoms with Gasteiger partial charge in [-0.05, 0) is 38.5 Å². The molecule has 3 heterocycles. The molecule has 0 bridgehead atoms. The number of aliphatic hydroxyl groups is 1. The Kier molecular flexibility index (Phi) is 5.66. The van der Waals surface area contributed by atoms with Crippen LogP contribution in [0.1, 0.15) is 26.3 Å². The van der Waals surface area contributed by atoms with Crippen LogP contribution in [-0.2, 0) is 17.9 Å². The smallest absolute Gasteiger partial charge is 0.410 e. The van der Waals surface area contributed by atoms with Crippen molar-refractivity contribution in [1.82, 2.24) is 19.4 Å². The normalized spacial score (nSPS) is 15.8. The molecule has 1 saturated heterocycles. The summed E-state index contributed by atoms with van der Waals surface area (Å²) in [6.07, 6.45) is 3.50. The highest BCUT2D eigenvalue weighted by atomic mass is 16.6. The fraction of sp³-hybridized carbons (Fsp3) is 0.478. The molecule has 30 heavy (non-hydrogen) atoms. The van der Waals surface area contributed by atoms with E-state index in [1.54, 1.807) is 4.90 Å². The minimum atomic E-state index is -0.466. The quantitative estimate of drug-likeness (QED) is 0.715. The van der Waals surface area contributed by atoms with Crippen molar-refractivity contribution in [3.8, 4) is 0 Å². The summed E-state index contributed by atoms with van der Waals surface area (Å²) in [7, 11) is 0. The third-order valence-electron chi connectivity index (χ3n) is 5.58. The monoisotopic (exact) mass is 410 g/mol. The summed E-state index contributed by atoms with van der Waals surface area (Å²) >= 11 is 0. The fourth-order valence-electron chi connectivity index (χ4n) is 4.05. The Morgan fingerprint density at radius 1 is 1.07 bits per heavy atom. The Balaban J connectivity index is 1.46. The van der Waals surface area contributed by atoms with E-state index >= 15 is 0 Å². The van der Waals surface area contributed by atoms with Gasteiger partial charge in [-0.3, -0.25) is 9.88 Å². The van der Waals surface area contributed by atoms with Crippen molar-refractivity contribution >= 4 is 27.9 Å². The van der Waals surface area contributed by atoms with Gasteiger partial charge in [0.2, 0.25) is 0 Å². The highest BCUT2D eigenvalue weighted by Crippen LogP contribution is 2.29. The van der Waals surface area contributed by atoms with Crippen LogP contribution in [0, 0.1) is 0 Å². The molecule has 7 nitrogen and oxygen atoms in total. The third kappa shape index (κ3) is 4.27. The summed E-state index contributed by atoms with van der Waals surface area (Å²) in [5.74, 6) is 0. The third-order valence-corrected chi connectivity index (χ3v) is 5.58. The number of nitrogens with zero attached hydrogens (tertiary/aromatic N) is 4. The number of aromatic nitrogens is 2. The first-order valence-electron chi connectivity index (χ1n) is 10.5. The van der Waals surface area contributed by atoms with Gasteiger partial charge in [0.15, 0.2) is 0 Å². The van der Waals surface area contributed by atoms with Crippen LogP contribution in [0.4, 0.5) is 4.79 Å². The minimum Gasteiger partial charge on any atom is -0.444 e. The molecule has 7 heteroatoms. The zero-order valence-corrected chi connectivity index (χ0v) is 18.0. The maximum atomic E-state index is 12.3. The lowest BCUT2D eigenvalue weighted by atomic mass is 10.1. The number of carbonyl (C=O) groups excluding carboxylic acids is 1. The molecule has 2 aromatic heterocycles. The number of hydrogen-bond donors (Lipinski definition) is 1. The number of rotatable bonds is 4. The number of carbonyl (C=O) groups is 1. The van der Waals surface area contributed by atoms with Crippen LogP contribution in [0.25, 0.3) is 21.8 Å². The summed E-state index contributed by atoms with van der Waals surface area (Å²) in [5, 5.41) is 11.9. The van der Waals surface area contributed by atoms with E-state index in [4.69, 9.17) is 4.74 Å². The molecule has 1 amide bonds. The van der Waals surface area contributed by atoms with Gasteiger partial charge in [0.1, 0.15) is 5.60 Å². The molecule has 160 valence electrons. The number of ether oxygens (including phenoxy) is 1. The second-order valence-corrected chi connectivity index (χ2v) is 8.86. The van der Waals surface area contributed by atoms with E-state index in [1.807, 2.05) is 45.3 Å². The molecule has 0 saturated carbocycles. The van der Waals surface area contributed by atoms with Crippen LogP contribution in [0.3, 0.4) is 0 Å². The van der Waals surface area contributed by atoms with Crippen molar-refractivity contribution in [1.29, 1.82) is 0 Å². The number of amides is 1. The van der Waals surface area contributed by atoms with Crippen molar-refractivity contribution < 1.29 is 14.6 Å². The molecule has 0 radical (unpaired) electrons. The second kappa shape index (κ2) is 8.24. The Morgan fingerprint density at radius 2 is 1.80 bits per heavy atom. The second-order valence-electron chi connectivity index (χ2n) is 8.86. The predicted octanol–water partition coefficient (Wildman–Crippen LogP) is 3.23. The van der Waals surface area contributed by atoms with Crippen molar-refractivity contribution in [2.75, 3.05) is 32.7 Å². The molecule has 1 aromatic carbocycles. The van der Waals surface area contributed by atoms with Crippen LogP contribution in [0.5, 0.6) is 0 Å². The van der Waals surface area contributed by atoms with E-state index in [9.17, 15) is 9.90 Å². The first-order chi connectivity index (χ1) is 14.4. The summed E-state index contributed by atoms with van der Waals surface area (Å²) in [4.78, 5) is 20.8. The number of hydrogen-bond acceptors (Lipinski definition) is 5. The topological polar surface area (TPSA) is 70.8 Å². The molecule has 0 aliphatic carbocycles. The Hall–Kier alpha value is -2.64. The summed E-state index contributed by atoms with van der Waals surface area (Å²) in [6.45, 7) is 10.4. The average molecular weight is 411 g/mol. The van der Waals surface area contributed by atoms with E-state index in [0.717, 1.165) is 42.8 Å². The van der Waals surface area contributed by atoms with E-state index in [1.165, 1.54) is 10.8 Å². The predicted molar refractivity (Wildman–Crippen MR) is 117 cm³/mol. The van der Waals surface area contributed by atoms with Crippen LogP contribution in [0.2, 0.25) is 0 Å². The maximum absolute atomic E-state index is 12.3. The molecule has 0 atom stereocenters. The number of piperazine rings is 1. The van der Waals surface area contributed by atoms with Gasteiger partial charge in [-0.1, -0.05) is 12.1 Å². The van der Waals surface area contributed by atoms with Crippen LogP contribution >= 0.6 is 0 Å². The fourth-order valence-corrected chi connectivity index (χ4v) is 4.05. The molecule has 1 aliphatic heterocycles. The maximum Gasteiger partial charge on any atom is 0.410 e. The van der Waals surface area contributed by atoms with E-state index in [0.29, 0.717) is 13.1 Å². The lowest BCUT2D eigenvalue weighted by Crippen LogP contribution is -2.50. The van der Waals surface area contributed by atoms with Gasteiger partial charge in [0, 0.05) is 61.8 Å². The Labute approximate surface area is 176 Å². The van der Waals surface area contributed by atoms with Gasteiger partial charge in [0.05, 0.1) is 18.3 Å². The number of aliphatic hydroxyl groups excluding tert-OH is 1. The standard InChI is InChI=1S/C23H30N4O3/c1-23(2,3)30-22(29)26-11-8-25(9-12-26)10-13-27-20-14-17(16-28)4-5-18(20)19-6-7-24-15-21(19)27/h4-7,14-15,28H,8-13,16H2,1-3H3. The van der Waals surface area contributed by atoms with Gasteiger partial charge >= 0.3 is 6.09 Å². The molecular weight excluding hydrogens is 380 g/mol. The van der Waals surface area contributed by atoms with Gasteiger partial charge < -0.3 is 19.3 Å². The molecule has 1 N–H and O–H groups in total. The largest absolute Gasteiger partial charge is 0.444 e. The molecule has 1 fully saturated rings. The summed E-state index contributed by atoms with van der Waals surface area (Å²) in [6, 6.07) is 8.17. The van der Waals surface area contributed by atoms with E-state index < -0.39 is 5.60 Å².